The molecule has 33 heavy (non-hydrogen) atoms. The second-order valence-electron chi connectivity index (χ2n) is 9.53. The van der Waals surface area contributed by atoms with Crippen LogP contribution >= 0.6 is 0 Å². The van der Waals surface area contributed by atoms with Gasteiger partial charge in [0, 0.05) is 18.9 Å². The molecule has 2 aromatic rings. The average Bonchev–Trinajstić information content (AvgIpc) is 3.14. The van der Waals surface area contributed by atoms with Gasteiger partial charge in [0.1, 0.15) is 0 Å². The van der Waals surface area contributed by atoms with Crippen molar-refractivity contribution in [3.63, 3.8) is 0 Å². The highest BCUT2D eigenvalue weighted by atomic mass is 32.2. The number of aromatic nitrogens is 2. The molecule has 1 aliphatic heterocycles. The third-order valence-electron chi connectivity index (χ3n) is 7.35. The molecule has 6 rings (SSSR count). The molecule has 176 valence electrons. The quantitative estimate of drug-likeness (QED) is 0.669. The van der Waals surface area contributed by atoms with E-state index in [1.807, 2.05) is 0 Å². The van der Waals surface area contributed by atoms with Gasteiger partial charge < -0.3 is 14.8 Å². The largest absolute Gasteiger partial charge is 0.374 e. The number of aryl methyl sites for hydroxylation is 2. The molecule has 1 aromatic heterocycles. The summed E-state index contributed by atoms with van der Waals surface area (Å²) in [6, 6.07) is 3.18. The van der Waals surface area contributed by atoms with E-state index in [2.05, 4.69) is 21.2 Å². The molecule has 0 atom stereocenters. The molecule has 0 unspecified atom stereocenters. The van der Waals surface area contributed by atoms with Gasteiger partial charge in [-0.25, -0.2) is 9.52 Å². The molecule has 1 saturated heterocycles. The van der Waals surface area contributed by atoms with E-state index in [0.29, 0.717) is 18.9 Å². The van der Waals surface area contributed by atoms with E-state index in [1.165, 1.54) is 17.2 Å². The summed E-state index contributed by atoms with van der Waals surface area (Å²) in [5.74, 6) is 0. The first-order valence-corrected chi connectivity index (χ1v) is 13.1. The van der Waals surface area contributed by atoms with Crippen molar-refractivity contribution in [3.8, 4) is 0 Å². The highest BCUT2D eigenvalue weighted by Crippen LogP contribution is 2.42. The molecule has 2 N–H and O–H groups in total. The molecule has 2 amide bonds. The summed E-state index contributed by atoms with van der Waals surface area (Å²) in [6.45, 7) is 0.694. The number of amides is 2. The molecular weight excluding hydrogens is 444 g/mol. The highest BCUT2D eigenvalue weighted by Gasteiger charge is 2.46. The fourth-order valence-electron chi connectivity index (χ4n) is 5.38. The van der Waals surface area contributed by atoms with Gasteiger partial charge in [0.25, 0.3) is 10.0 Å². The van der Waals surface area contributed by atoms with E-state index in [0.717, 1.165) is 68.2 Å². The summed E-state index contributed by atoms with van der Waals surface area (Å²) in [5, 5.41) is 7.07. The molecule has 4 aliphatic rings. The van der Waals surface area contributed by atoms with Crippen molar-refractivity contribution in [2.45, 2.75) is 68.0 Å². The zero-order valence-electron chi connectivity index (χ0n) is 18.6. The van der Waals surface area contributed by atoms with Gasteiger partial charge >= 0.3 is 6.03 Å². The molecular formula is C23H28N4O5S. The molecule has 0 radical (unpaired) electrons. The van der Waals surface area contributed by atoms with Crippen molar-refractivity contribution in [1.29, 1.82) is 0 Å². The number of nitrogens with zero attached hydrogens (tertiary/aromatic N) is 2. The van der Waals surface area contributed by atoms with Crippen molar-refractivity contribution < 1.29 is 22.7 Å². The number of hydrogen-bond donors (Lipinski definition) is 2. The number of nitrogens with one attached hydrogen (secondary N) is 2. The van der Waals surface area contributed by atoms with Crippen LogP contribution in [-0.2, 0) is 50.8 Å². The number of rotatable bonds is 6. The highest BCUT2D eigenvalue weighted by molar-refractivity contribution is 7.90. The predicted molar refractivity (Wildman–Crippen MR) is 120 cm³/mol. The molecule has 3 aliphatic carbocycles. The van der Waals surface area contributed by atoms with Crippen molar-refractivity contribution in [3.05, 3.63) is 40.1 Å². The van der Waals surface area contributed by atoms with E-state index >= 15 is 0 Å². The average molecular weight is 473 g/mol. The number of methoxy groups -OCH3 is 1. The van der Waals surface area contributed by atoms with Crippen LogP contribution in [0.15, 0.2) is 17.2 Å². The van der Waals surface area contributed by atoms with Gasteiger partial charge in [-0.1, -0.05) is 6.07 Å². The fourth-order valence-corrected chi connectivity index (χ4v) is 6.24. The molecule has 2 fully saturated rings. The summed E-state index contributed by atoms with van der Waals surface area (Å²) >= 11 is 0. The SMILES string of the molecule is COC1(c2cc(S(=O)(=O)NC(=O)Nc3c4c(cc5c3CCC5)CCC4)nn2C2CC2)COC1. The van der Waals surface area contributed by atoms with Crippen molar-refractivity contribution in [2.75, 3.05) is 25.6 Å². The van der Waals surface area contributed by atoms with E-state index in [4.69, 9.17) is 9.47 Å². The van der Waals surface area contributed by atoms with E-state index in [-0.39, 0.29) is 11.1 Å². The number of ether oxygens (including phenoxy) is 2. The van der Waals surface area contributed by atoms with Crippen LogP contribution in [0.4, 0.5) is 10.5 Å². The van der Waals surface area contributed by atoms with Crippen LogP contribution in [0.3, 0.4) is 0 Å². The maximum Gasteiger partial charge on any atom is 0.333 e. The van der Waals surface area contributed by atoms with Gasteiger partial charge in [-0.05, 0) is 73.6 Å². The Labute approximate surface area is 192 Å². The van der Waals surface area contributed by atoms with Crippen LogP contribution in [0.1, 0.15) is 59.7 Å². The minimum absolute atomic E-state index is 0.153. The number of fused-ring (bicyclic) bond motifs is 2. The van der Waals surface area contributed by atoms with Crippen LogP contribution in [0.5, 0.6) is 0 Å². The fraction of sp³-hybridized carbons (Fsp3) is 0.565. The van der Waals surface area contributed by atoms with Crippen molar-refractivity contribution >= 4 is 21.7 Å². The molecule has 1 aromatic carbocycles. The lowest BCUT2D eigenvalue weighted by molar-refractivity contribution is -0.206. The lowest BCUT2D eigenvalue weighted by Crippen LogP contribution is -2.49. The van der Waals surface area contributed by atoms with E-state index < -0.39 is 21.7 Å². The lowest BCUT2D eigenvalue weighted by Gasteiger charge is -2.40. The van der Waals surface area contributed by atoms with Crippen LogP contribution in [0, 0.1) is 0 Å². The first kappa shape index (κ1) is 21.1. The number of carbonyl (C=O) groups is 1. The Morgan fingerprint density at radius 2 is 1.79 bits per heavy atom. The van der Waals surface area contributed by atoms with Gasteiger partial charge in [0.05, 0.1) is 24.9 Å². The van der Waals surface area contributed by atoms with Crippen LogP contribution < -0.4 is 10.0 Å². The van der Waals surface area contributed by atoms with Crippen LogP contribution in [0.25, 0.3) is 0 Å². The third-order valence-corrected chi connectivity index (χ3v) is 8.55. The Balaban J connectivity index is 1.27. The van der Waals surface area contributed by atoms with Gasteiger partial charge in [-0.3, -0.25) is 4.68 Å². The van der Waals surface area contributed by atoms with E-state index in [1.54, 1.807) is 11.8 Å². The number of benzene rings is 1. The summed E-state index contributed by atoms with van der Waals surface area (Å²) in [5.41, 5.74) is 5.63. The van der Waals surface area contributed by atoms with Crippen LogP contribution in [-0.4, -0.2) is 44.6 Å². The summed E-state index contributed by atoms with van der Waals surface area (Å²) in [7, 11) is -2.57. The molecule has 0 bridgehead atoms. The first-order valence-electron chi connectivity index (χ1n) is 11.6. The maximum absolute atomic E-state index is 13.1. The Morgan fingerprint density at radius 3 is 2.33 bits per heavy atom. The second-order valence-corrected chi connectivity index (χ2v) is 11.2. The lowest BCUT2D eigenvalue weighted by atomic mass is 9.97. The standard InChI is InChI=1S/C23H28N4O5S/c1-31-23(12-32-13-23)19-11-20(25-27(19)16-8-9-16)33(29,30)26-22(28)24-21-17-6-2-4-14(17)10-15-5-3-7-18(15)21/h10-11,16H,2-9,12-13H2,1H3,(H2,24,26,28). The number of carbonyl (C=O) groups excluding carboxylic acids is 1. The number of sulfonamides is 1. The Bertz CT molecular complexity index is 1210. The zero-order valence-corrected chi connectivity index (χ0v) is 19.5. The maximum atomic E-state index is 13.1. The van der Waals surface area contributed by atoms with Gasteiger partial charge in [-0.15, -0.1) is 0 Å². The van der Waals surface area contributed by atoms with E-state index in [9.17, 15) is 13.2 Å². The second kappa shape index (κ2) is 7.54. The smallest absolute Gasteiger partial charge is 0.333 e. The monoisotopic (exact) mass is 472 g/mol. The predicted octanol–water partition coefficient (Wildman–Crippen LogP) is 2.58. The normalized spacial score (nSPS) is 20.8. The van der Waals surface area contributed by atoms with Gasteiger partial charge in [-0.2, -0.15) is 13.5 Å². The number of anilines is 1. The van der Waals surface area contributed by atoms with Crippen LogP contribution in [0.2, 0.25) is 0 Å². The summed E-state index contributed by atoms with van der Waals surface area (Å²) in [6.07, 6.45) is 7.80. The zero-order chi connectivity index (χ0) is 22.8. The minimum atomic E-state index is -4.16. The topological polar surface area (TPSA) is 112 Å². The molecule has 1 saturated carbocycles. The third kappa shape index (κ3) is 3.46. The van der Waals surface area contributed by atoms with Crippen molar-refractivity contribution in [1.82, 2.24) is 14.5 Å². The number of hydrogen-bond acceptors (Lipinski definition) is 6. The van der Waals surface area contributed by atoms with Crippen molar-refractivity contribution in [2.24, 2.45) is 0 Å². The molecule has 2 heterocycles. The Kier molecular flexibility index (Phi) is 4.83. The van der Waals surface area contributed by atoms with Gasteiger partial charge in [0.15, 0.2) is 10.6 Å². The summed E-state index contributed by atoms with van der Waals surface area (Å²) < 4.78 is 41.1. The molecule has 9 nitrogen and oxygen atoms in total. The summed E-state index contributed by atoms with van der Waals surface area (Å²) in [4.78, 5) is 12.9. The molecule has 0 spiro atoms. The number of urea groups is 1. The first-order chi connectivity index (χ1) is 15.9. The minimum Gasteiger partial charge on any atom is -0.374 e. The molecule has 10 heteroatoms. The van der Waals surface area contributed by atoms with Gasteiger partial charge in [0.2, 0.25) is 0 Å². The Hall–Kier alpha value is -2.43. The Morgan fingerprint density at radius 1 is 1.12 bits per heavy atom.